The van der Waals surface area contributed by atoms with Gasteiger partial charge in [0.25, 0.3) is 0 Å². The van der Waals surface area contributed by atoms with Gasteiger partial charge in [0.15, 0.2) is 6.29 Å². The molecule has 1 saturated heterocycles. The second kappa shape index (κ2) is 10.5. The van der Waals surface area contributed by atoms with Gasteiger partial charge >= 0.3 is 0 Å². The van der Waals surface area contributed by atoms with Crippen LogP contribution in [0, 0.1) is 0 Å². The van der Waals surface area contributed by atoms with Crippen LogP contribution in [0.4, 0.5) is 0 Å². The molecule has 0 spiro atoms. The van der Waals surface area contributed by atoms with Crippen molar-refractivity contribution < 1.29 is 39.7 Å². The van der Waals surface area contributed by atoms with Crippen LogP contribution in [0.25, 0.3) is 0 Å². The van der Waals surface area contributed by atoms with Crippen molar-refractivity contribution in [1.29, 1.82) is 0 Å². The second-order valence-corrected chi connectivity index (χ2v) is 5.46. The van der Waals surface area contributed by atoms with Gasteiger partial charge in [-0.1, -0.05) is 19.8 Å². The fraction of sp³-hybridized carbons (Fsp3) is 1.00. The predicted octanol–water partition coefficient (Wildman–Crippen LogP) is -1.63. The van der Waals surface area contributed by atoms with Gasteiger partial charge in [0.2, 0.25) is 0 Å². The number of unbranched alkanes of at least 4 members (excludes halogenated alkanes) is 2. The van der Waals surface area contributed by atoms with E-state index < -0.39 is 43.4 Å². The lowest BCUT2D eigenvalue weighted by molar-refractivity contribution is -0.299. The van der Waals surface area contributed by atoms with Crippen LogP contribution in [0.15, 0.2) is 0 Å². The molecule has 1 rings (SSSR count). The number of hydrogen-bond donors (Lipinski definition) is 5. The first kappa shape index (κ1) is 19.7. The van der Waals surface area contributed by atoms with E-state index in [-0.39, 0.29) is 13.2 Å². The lowest BCUT2D eigenvalue weighted by Crippen LogP contribution is -2.59. The molecule has 22 heavy (non-hydrogen) atoms. The average molecular weight is 324 g/mol. The van der Waals surface area contributed by atoms with E-state index in [1.54, 1.807) is 0 Å². The summed E-state index contributed by atoms with van der Waals surface area (Å²) in [7, 11) is 0. The molecule has 1 fully saturated rings. The van der Waals surface area contributed by atoms with E-state index in [9.17, 15) is 20.4 Å². The van der Waals surface area contributed by atoms with Gasteiger partial charge in [0, 0.05) is 6.61 Å². The molecular formula is C14H28O8. The largest absolute Gasteiger partial charge is 0.394 e. The maximum atomic E-state index is 9.86. The standard InChI is InChI=1S/C14H28O8/c1-2-3-4-5-20-7-9(16)8-21-13-12(18)11(17)10(6-15)22-14(13)19/h9-19H,2-8H2,1H3/t9?,10-,11+,12+,13-,14-/m1/s1. The van der Waals surface area contributed by atoms with Gasteiger partial charge in [-0.05, 0) is 6.42 Å². The van der Waals surface area contributed by atoms with Crippen molar-refractivity contribution in [2.75, 3.05) is 26.4 Å². The highest BCUT2D eigenvalue weighted by Gasteiger charge is 2.44. The van der Waals surface area contributed by atoms with Crippen LogP contribution >= 0.6 is 0 Å². The number of aliphatic hydroxyl groups is 5. The Morgan fingerprint density at radius 3 is 2.45 bits per heavy atom. The van der Waals surface area contributed by atoms with Crippen molar-refractivity contribution in [3.8, 4) is 0 Å². The Labute approximate surface area is 130 Å². The van der Waals surface area contributed by atoms with Gasteiger partial charge < -0.3 is 39.7 Å². The fourth-order valence-electron chi connectivity index (χ4n) is 2.20. The summed E-state index contributed by atoms with van der Waals surface area (Å²) in [5.41, 5.74) is 0. The molecule has 1 heterocycles. The van der Waals surface area contributed by atoms with Crippen molar-refractivity contribution in [1.82, 2.24) is 0 Å². The molecule has 0 saturated carbocycles. The van der Waals surface area contributed by atoms with Gasteiger partial charge in [-0.15, -0.1) is 0 Å². The van der Waals surface area contributed by atoms with E-state index in [0.717, 1.165) is 19.3 Å². The summed E-state index contributed by atoms with van der Waals surface area (Å²) < 4.78 is 15.4. The van der Waals surface area contributed by atoms with Crippen molar-refractivity contribution >= 4 is 0 Å². The molecule has 6 atom stereocenters. The zero-order chi connectivity index (χ0) is 16.5. The minimum Gasteiger partial charge on any atom is -0.394 e. The molecule has 0 aliphatic carbocycles. The topological polar surface area (TPSA) is 129 Å². The number of hydrogen-bond acceptors (Lipinski definition) is 8. The third-order valence-corrected chi connectivity index (χ3v) is 3.53. The highest BCUT2D eigenvalue weighted by molar-refractivity contribution is 4.89. The maximum absolute atomic E-state index is 9.86. The fourth-order valence-corrected chi connectivity index (χ4v) is 2.20. The summed E-state index contributed by atoms with van der Waals surface area (Å²) in [5, 5.41) is 47.9. The smallest absolute Gasteiger partial charge is 0.184 e. The zero-order valence-electron chi connectivity index (χ0n) is 12.9. The molecule has 1 unspecified atom stereocenters. The molecule has 0 aromatic heterocycles. The lowest BCUT2D eigenvalue weighted by Gasteiger charge is -2.40. The highest BCUT2D eigenvalue weighted by Crippen LogP contribution is 2.22. The quantitative estimate of drug-likeness (QED) is 0.303. The molecule has 0 amide bonds. The van der Waals surface area contributed by atoms with Gasteiger partial charge in [-0.25, -0.2) is 0 Å². The van der Waals surface area contributed by atoms with E-state index >= 15 is 0 Å². The Hall–Kier alpha value is -0.320. The van der Waals surface area contributed by atoms with Crippen molar-refractivity contribution in [2.45, 2.75) is 63.0 Å². The highest BCUT2D eigenvalue weighted by atomic mass is 16.7. The van der Waals surface area contributed by atoms with Crippen LogP contribution in [0.2, 0.25) is 0 Å². The maximum Gasteiger partial charge on any atom is 0.184 e. The first-order valence-electron chi connectivity index (χ1n) is 7.69. The zero-order valence-corrected chi connectivity index (χ0v) is 12.9. The van der Waals surface area contributed by atoms with Crippen LogP contribution in [-0.2, 0) is 14.2 Å². The molecule has 1 aliphatic rings. The minimum atomic E-state index is -1.49. The summed E-state index contributed by atoms with van der Waals surface area (Å²) in [6.45, 7) is 2.02. The number of aliphatic hydroxyl groups excluding tert-OH is 5. The molecule has 132 valence electrons. The summed E-state index contributed by atoms with van der Waals surface area (Å²) in [5.74, 6) is 0. The van der Waals surface area contributed by atoms with Crippen LogP contribution < -0.4 is 0 Å². The third-order valence-electron chi connectivity index (χ3n) is 3.53. The van der Waals surface area contributed by atoms with E-state index in [0.29, 0.717) is 6.61 Å². The Kier molecular flexibility index (Phi) is 9.37. The van der Waals surface area contributed by atoms with E-state index in [1.165, 1.54) is 0 Å². The summed E-state index contributed by atoms with van der Waals surface area (Å²) in [4.78, 5) is 0. The lowest BCUT2D eigenvalue weighted by atomic mass is 9.99. The molecule has 0 radical (unpaired) electrons. The van der Waals surface area contributed by atoms with E-state index in [1.807, 2.05) is 0 Å². The first-order chi connectivity index (χ1) is 10.5. The molecule has 0 aromatic rings. The Bertz CT molecular complexity index is 290. The SMILES string of the molecule is CCCCCOCC(O)CO[C@@H]1[C@@H](O)[C@@H](O)[C@@H](CO)O[C@H]1O. The Morgan fingerprint density at radius 1 is 1.09 bits per heavy atom. The van der Waals surface area contributed by atoms with Crippen molar-refractivity contribution in [3.63, 3.8) is 0 Å². The molecule has 0 aromatic carbocycles. The molecule has 8 heteroatoms. The second-order valence-electron chi connectivity index (χ2n) is 5.46. The summed E-state index contributed by atoms with van der Waals surface area (Å²) in [6.07, 6.45) is -4.39. The summed E-state index contributed by atoms with van der Waals surface area (Å²) in [6, 6.07) is 0. The van der Waals surface area contributed by atoms with Crippen molar-refractivity contribution in [2.24, 2.45) is 0 Å². The van der Waals surface area contributed by atoms with Crippen LogP contribution in [0.5, 0.6) is 0 Å². The molecule has 8 nitrogen and oxygen atoms in total. The van der Waals surface area contributed by atoms with Crippen LogP contribution in [0.1, 0.15) is 26.2 Å². The van der Waals surface area contributed by atoms with E-state index in [4.69, 9.17) is 19.3 Å². The van der Waals surface area contributed by atoms with Gasteiger partial charge in [0.1, 0.15) is 30.5 Å². The number of ether oxygens (including phenoxy) is 3. The monoisotopic (exact) mass is 324 g/mol. The number of rotatable bonds is 10. The Morgan fingerprint density at radius 2 is 1.82 bits per heavy atom. The summed E-state index contributed by atoms with van der Waals surface area (Å²) >= 11 is 0. The van der Waals surface area contributed by atoms with Gasteiger partial charge in [-0.3, -0.25) is 0 Å². The van der Waals surface area contributed by atoms with Crippen molar-refractivity contribution in [3.05, 3.63) is 0 Å². The first-order valence-corrected chi connectivity index (χ1v) is 7.69. The predicted molar refractivity (Wildman–Crippen MR) is 76.1 cm³/mol. The Balaban J connectivity index is 2.27. The van der Waals surface area contributed by atoms with Crippen LogP contribution in [-0.4, -0.2) is 88.8 Å². The molecule has 0 bridgehead atoms. The minimum absolute atomic E-state index is 0.0886. The molecular weight excluding hydrogens is 296 g/mol. The van der Waals surface area contributed by atoms with Gasteiger partial charge in [-0.2, -0.15) is 0 Å². The normalized spacial score (nSPS) is 33.8. The molecule has 5 N–H and O–H groups in total. The van der Waals surface area contributed by atoms with Crippen LogP contribution in [0.3, 0.4) is 0 Å². The van der Waals surface area contributed by atoms with E-state index in [2.05, 4.69) is 6.92 Å². The molecule has 1 aliphatic heterocycles. The third kappa shape index (κ3) is 6.05. The average Bonchev–Trinajstić information content (AvgIpc) is 2.50. The van der Waals surface area contributed by atoms with Gasteiger partial charge in [0.05, 0.1) is 19.8 Å².